The zero-order valence-electron chi connectivity index (χ0n) is 16.0. The van der Waals surface area contributed by atoms with Gasteiger partial charge >= 0.3 is 5.97 Å². The highest BCUT2D eigenvalue weighted by Gasteiger charge is 2.45. The molecule has 0 unspecified atom stereocenters. The number of hydrogen-bond acceptors (Lipinski definition) is 9. The number of carboxylic acid groups (broad SMARTS) is 1. The van der Waals surface area contributed by atoms with Crippen molar-refractivity contribution in [1.29, 1.82) is 0 Å². The van der Waals surface area contributed by atoms with Gasteiger partial charge in [-0.15, -0.1) is 0 Å². The van der Waals surface area contributed by atoms with E-state index in [-0.39, 0.29) is 30.8 Å². The van der Waals surface area contributed by atoms with E-state index in [1.54, 1.807) is 29.2 Å². The average Bonchev–Trinajstić information content (AvgIpc) is 2.93. The zero-order chi connectivity index (χ0) is 21.3. The van der Waals surface area contributed by atoms with E-state index in [2.05, 4.69) is 9.97 Å². The second-order valence-electron chi connectivity index (χ2n) is 7.20. The Morgan fingerprint density at radius 1 is 1.23 bits per heavy atom. The summed E-state index contributed by atoms with van der Waals surface area (Å²) in [4.78, 5) is 33.4. The van der Waals surface area contributed by atoms with Gasteiger partial charge in [0.05, 0.1) is 25.3 Å². The number of rotatable bonds is 4. The number of nitrogens with zero attached hydrogens (tertiary/aromatic N) is 3. The molecule has 3 heterocycles. The van der Waals surface area contributed by atoms with Crippen LogP contribution in [-0.4, -0.2) is 70.4 Å². The number of fused-ring (bicyclic) bond motifs is 1. The third kappa shape index (κ3) is 3.92. The summed E-state index contributed by atoms with van der Waals surface area (Å²) in [6.07, 6.45) is 0.403. The third-order valence-corrected chi connectivity index (χ3v) is 4.93. The molecule has 1 aromatic carbocycles. The van der Waals surface area contributed by atoms with Gasteiger partial charge in [0, 0.05) is 18.5 Å². The van der Waals surface area contributed by atoms with Crippen LogP contribution in [0.2, 0.25) is 0 Å². The Bertz CT molecular complexity index is 982. The lowest BCUT2D eigenvalue weighted by atomic mass is 9.97. The molecule has 0 radical (unpaired) electrons. The number of nitrogen functional groups attached to an aromatic ring is 2. The van der Waals surface area contributed by atoms with Gasteiger partial charge in [0.1, 0.15) is 11.6 Å². The molecule has 11 nitrogen and oxygen atoms in total. The second-order valence-corrected chi connectivity index (χ2v) is 7.20. The van der Waals surface area contributed by atoms with Crippen LogP contribution in [0.25, 0.3) is 0 Å². The number of carbonyl (C=O) groups excluding carboxylic acids is 1. The summed E-state index contributed by atoms with van der Waals surface area (Å²) < 4.78 is 16.9. The maximum atomic E-state index is 13.1. The minimum atomic E-state index is -1.07. The van der Waals surface area contributed by atoms with Gasteiger partial charge in [-0.1, -0.05) is 0 Å². The van der Waals surface area contributed by atoms with Gasteiger partial charge in [-0.25, -0.2) is 4.79 Å². The highest BCUT2D eigenvalue weighted by Crippen LogP contribution is 2.38. The van der Waals surface area contributed by atoms with Crippen molar-refractivity contribution in [3.63, 3.8) is 0 Å². The number of aromatic nitrogens is 2. The monoisotopic (exact) mass is 415 g/mol. The molecule has 1 atom stereocenters. The molecule has 1 saturated heterocycles. The van der Waals surface area contributed by atoms with Gasteiger partial charge in [-0.2, -0.15) is 9.97 Å². The lowest BCUT2D eigenvalue weighted by Gasteiger charge is -2.31. The molecule has 5 N–H and O–H groups in total. The Kier molecular flexibility index (Phi) is 5.04. The summed E-state index contributed by atoms with van der Waals surface area (Å²) in [5.41, 5.74) is 11.9. The number of carbonyl (C=O) groups is 2. The van der Waals surface area contributed by atoms with Gasteiger partial charge in [0.2, 0.25) is 11.8 Å². The molecule has 30 heavy (non-hydrogen) atoms. The maximum absolute atomic E-state index is 13.1. The Labute approximate surface area is 171 Å². The average molecular weight is 415 g/mol. The minimum absolute atomic E-state index is 0.0241. The molecule has 2 aromatic rings. The van der Waals surface area contributed by atoms with Crippen LogP contribution in [0.5, 0.6) is 11.6 Å². The lowest BCUT2D eigenvalue weighted by Crippen LogP contribution is -2.49. The highest BCUT2D eigenvalue weighted by atomic mass is 16.6. The predicted molar refractivity (Wildman–Crippen MR) is 104 cm³/mol. The van der Waals surface area contributed by atoms with E-state index in [0.29, 0.717) is 42.3 Å². The van der Waals surface area contributed by atoms with Crippen molar-refractivity contribution in [2.24, 2.45) is 0 Å². The number of benzene rings is 1. The van der Waals surface area contributed by atoms with Crippen LogP contribution >= 0.6 is 0 Å². The molecule has 1 spiro atoms. The van der Waals surface area contributed by atoms with Crippen LogP contribution < -0.4 is 20.9 Å². The number of anilines is 2. The van der Waals surface area contributed by atoms with Gasteiger partial charge in [-0.05, 0) is 24.3 Å². The molecular weight excluding hydrogens is 394 g/mol. The Morgan fingerprint density at radius 2 is 2.00 bits per heavy atom. The van der Waals surface area contributed by atoms with E-state index >= 15 is 0 Å². The fourth-order valence-electron chi connectivity index (χ4n) is 3.58. The first-order valence-corrected chi connectivity index (χ1v) is 9.28. The molecule has 0 aliphatic carbocycles. The zero-order valence-corrected chi connectivity index (χ0v) is 16.0. The van der Waals surface area contributed by atoms with Crippen LogP contribution in [0.4, 0.5) is 11.8 Å². The van der Waals surface area contributed by atoms with Crippen LogP contribution in [0.1, 0.15) is 15.9 Å². The summed E-state index contributed by atoms with van der Waals surface area (Å²) in [6.45, 7) is 0.845. The van der Waals surface area contributed by atoms with Crippen molar-refractivity contribution in [1.82, 2.24) is 14.9 Å². The number of hydrogen-bond donors (Lipinski definition) is 3. The Hall–Kier alpha value is -3.60. The van der Waals surface area contributed by atoms with Crippen molar-refractivity contribution < 1.29 is 28.9 Å². The first kappa shape index (κ1) is 19.7. The van der Waals surface area contributed by atoms with E-state index in [1.165, 1.54) is 0 Å². The van der Waals surface area contributed by atoms with Gasteiger partial charge in [0.15, 0.2) is 12.2 Å². The van der Waals surface area contributed by atoms with Crippen molar-refractivity contribution in [3.05, 3.63) is 35.4 Å². The highest BCUT2D eigenvalue weighted by molar-refractivity contribution is 5.94. The molecule has 1 amide bonds. The topological polar surface area (TPSA) is 163 Å². The fourth-order valence-corrected chi connectivity index (χ4v) is 3.58. The molecule has 0 bridgehead atoms. The summed E-state index contributed by atoms with van der Waals surface area (Å²) in [6, 6.07) is 6.29. The van der Waals surface area contributed by atoms with E-state index in [0.717, 1.165) is 0 Å². The SMILES string of the molecule is Nc1nc(N)c2c(n1)O[C@@]1(COCCN(C(=O)c3ccc(OCC(=O)O)cc3)C1)C2. The number of carboxylic acids is 1. The van der Waals surface area contributed by atoms with Crippen molar-refractivity contribution >= 4 is 23.6 Å². The largest absolute Gasteiger partial charge is 0.482 e. The molecule has 158 valence electrons. The van der Waals surface area contributed by atoms with E-state index in [9.17, 15) is 9.59 Å². The number of nitrogens with two attached hydrogens (primary N) is 2. The molecule has 1 aromatic heterocycles. The van der Waals surface area contributed by atoms with Gasteiger partial charge < -0.3 is 35.7 Å². The van der Waals surface area contributed by atoms with Gasteiger partial charge in [0.25, 0.3) is 5.91 Å². The maximum Gasteiger partial charge on any atom is 0.341 e. The Morgan fingerprint density at radius 3 is 2.73 bits per heavy atom. The van der Waals surface area contributed by atoms with Crippen LogP contribution in [0.3, 0.4) is 0 Å². The van der Waals surface area contributed by atoms with Crippen LogP contribution in [-0.2, 0) is 16.0 Å². The van der Waals surface area contributed by atoms with Crippen LogP contribution in [0.15, 0.2) is 24.3 Å². The minimum Gasteiger partial charge on any atom is -0.482 e. The predicted octanol–water partition coefficient (Wildman–Crippen LogP) is -0.0493. The molecule has 1 fully saturated rings. The third-order valence-electron chi connectivity index (χ3n) is 4.93. The van der Waals surface area contributed by atoms with Crippen molar-refractivity contribution in [2.45, 2.75) is 12.0 Å². The molecule has 2 aliphatic rings. The number of ether oxygens (including phenoxy) is 3. The first-order valence-electron chi connectivity index (χ1n) is 9.28. The number of aliphatic carboxylic acids is 1. The van der Waals surface area contributed by atoms with E-state index < -0.39 is 18.2 Å². The first-order chi connectivity index (χ1) is 14.3. The lowest BCUT2D eigenvalue weighted by molar-refractivity contribution is -0.139. The van der Waals surface area contributed by atoms with Crippen molar-refractivity contribution in [3.8, 4) is 11.6 Å². The summed E-state index contributed by atoms with van der Waals surface area (Å²) in [5, 5.41) is 8.68. The van der Waals surface area contributed by atoms with Crippen LogP contribution in [0, 0.1) is 0 Å². The summed E-state index contributed by atoms with van der Waals surface area (Å²) >= 11 is 0. The van der Waals surface area contributed by atoms with E-state index in [4.69, 9.17) is 30.8 Å². The molecule has 11 heteroatoms. The van der Waals surface area contributed by atoms with E-state index in [1.807, 2.05) is 0 Å². The van der Waals surface area contributed by atoms with Gasteiger partial charge in [-0.3, -0.25) is 4.79 Å². The Balaban J connectivity index is 1.50. The molecule has 0 saturated carbocycles. The molecule has 2 aliphatic heterocycles. The second kappa shape index (κ2) is 7.67. The molecular formula is C19H21N5O6. The fraction of sp³-hybridized carbons (Fsp3) is 0.368. The standard InChI is InChI=1S/C19H21N5O6/c20-15-13-7-19(30-16(13)23-18(21)22-15)9-24(5-6-28-10-19)17(27)11-1-3-12(4-2-11)29-8-14(25)26/h1-4H,5-10H2,(H,25,26)(H4,20,21,22,23)/t19-/m0/s1. The number of amides is 1. The summed E-state index contributed by atoms with van der Waals surface area (Å²) in [7, 11) is 0. The quantitative estimate of drug-likeness (QED) is 0.617. The van der Waals surface area contributed by atoms with Crippen molar-refractivity contribution in [2.75, 3.05) is 44.4 Å². The summed E-state index contributed by atoms with van der Waals surface area (Å²) in [5.74, 6) is -0.314. The molecule has 4 rings (SSSR count). The smallest absolute Gasteiger partial charge is 0.341 e. The normalized spacial score (nSPS) is 20.3.